The number of carboxylic acid groups (broad SMARTS) is 1. The van der Waals surface area contributed by atoms with Crippen molar-refractivity contribution in [3.8, 4) is 0 Å². The third-order valence-electron chi connectivity index (χ3n) is 2.86. The molecular weight excluding hydrogens is 248 g/mol. The Morgan fingerprint density at radius 3 is 1.95 bits per heavy atom. The third kappa shape index (κ3) is 16.4. The fraction of sp³-hybridized carbons (Fsp3) is 0.500. The van der Waals surface area contributed by atoms with E-state index >= 15 is 0 Å². The summed E-state index contributed by atoms with van der Waals surface area (Å²) in [6, 6.07) is 0. The molecule has 0 fully saturated rings. The summed E-state index contributed by atoms with van der Waals surface area (Å²) in [6.07, 6.45) is 23.4. The van der Waals surface area contributed by atoms with Gasteiger partial charge in [0.15, 0.2) is 0 Å². The Morgan fingerprint density at radius 1 is 0.800 bits per heavy atom. The van der Waals surface area contributed by atoms with E-state index < -0.39 is 5.97 Å². The molecule has 0 amide bonds. The van der Waals surface area contributed by atoms with Crippen LogP contribution in [-0.4, -0.2) is 11.1 Å². The Balaban J connectivity index is 3.29. The van der Waals surface area contributed by atoms with E-state index in [9.17, 15) is 4.79 Å². The number of hydrogen-bond acceptors (Lipinski definition) is 1. The van der Waals surface area contributed by atoms with Gasteiger partial charge in [0.1, 0.15) is 0 Å². The average Bonchev–Trinajstić information content (AvgIpc) is 2.43. The van der Waals surface area contributed by atoms with Crippen molar-refractivity contribution in [1.82, 2.24) is 0 Å². The Morgan fingerprint density at radius 2 is 1.35 bits per heavy atom. The van der Waals surface area contributed by atoms with Crippen molar-refractivity contribution in [3.05, 3.63) is 49.1 Å². The molecule has 0 spiro atoms. The minimum Gasteiger partial charge on any atom is -0.481 e. The molecule has 2 nitrogen and oxygen atoms in total. The fourth-order valence-electron chi connectivity index (χ4n) is 1.74. The lowest BCUT2D eigenvalue weighted by Gasteiger charge is -1.96. The van der Waals surface area contributed by atoms with Gasteiger partial charge in [0.2, 0.25) is 0 Å². The van der Waals surface area contributed by atoms with Crippen molar-refractivity contribution < 1.29 is 9.90 Å². The van der Waals surface area contributed by atoms with Gasteiger partial charge in [-0.1, -0.05) is 55.4 Å². The number of carbonyl (C=O) groups is 1. The molecule has 1 N–H and O–H groups in total. The van der Waals surface area contributed by atoms with E-state index in [2.05, 4.69) is 43.0 Å². The molecular formula is C18H28O2. The zero-order valence-corrected chi connectivity index (χ0v) is 12.5. The van der Waals surface area contributed by atoms with Crippen LogP contribution in [0.4, 0.5) is 0 Å². The molecule has 0 rings (SSSR count). The van der Waals surface area contributed by atoms with E-state index in [-0.39, 0.29) is 0 Å². The topological polar surface area (TPSA) is 37.3 Å². The molecule has 0 heterocycles. The first-order valence-electron chi connectivity index (χ1n) is 7.55. The zero-order valence-electron chi connectivity index (χ0n) is 12.5. The van der Waals surface area contributed by atoms with Crippen molar-refractivity contribution in [2.45, 2.75) is 57.8 Å². The Kier molecular flexibility index (Phi) is 14.3. The number of hydrogen-bond donors (Lipinski definition) is 1. The summed E-state index contributed by atoms with van der Waals surface area (Å²) >= 11 is 0. The Hall–Kier alpha value is -1.57. The normalized spacial score (nSPS) is 11.8. The molecule has 0 saturated carbocycles. The van der Waals surface area contributed by atoms with Crippen LogP contribution < -0.4 is 0 Å². The quantitative estimate of drug-likeness (QED) is 0.359. The molecule has 0 saturated heterocycles. The van der Waals surface area contributed by atoms with Gasteiger partial charge in [-0.3, -0.25) is 4.79 Å². The van der Waals surface area contributed by atoms with E-state index in [0.29, 0.717) is 6.42 Å². The van der Waals surface area contributed by atoms with Gasteiger partial charge < -0.3 is 5.11 Å². The lowest BCUT2D eigenvalue weighted by atomic mass is 10.1. The first-order valence-corrected chi connectivity index (χ1v) is 7.55. The van der Waals surface area contributed by atoms with Crippen LogP contribution in [0.2, 0.25) is 0 Å². The third-order valence-corrected chi connectivity index (χ3v) is 2.86. The van der Waals surface area contributed by atoms with Gasteiger partial charge in [0.05, 0.1) is 0 Å². The Bertz CT molecular complexity index is 324. The van der Waals surface area contributed by atoms with Crippen LogP contribution in [-0.2, 0) is 4.79 Å². The minimum absolute atomic E-state index is 0.307. The van der Waals surface area contributed by atoms with Crippen molar-refractivity contribution >= 4 is 5.97 Å². The van der Waals surface area contributed by atoms with Crippen molar-refractivity contribution in [3.63, 3.8) is 0 Å². The molecule has 0 bridgehead atoms. The predicted octanol–water partition coefficient (Wildman–Crippen LogP) is 5.44. The average molecular weight is 276 g/mol. The highest BCUT2D eigenvalue weighted by atomic mass is 16.4. The van der Waals surface area contributed by atoms with Gasteiger partial charge in [-0.05, 0) is 38.5 Å². The lowest BCUT2D eigenvalue weighted by Crippen LogP contribution is -1.93. The van der Waals surface area contributed by atoms with Gasteiger partial charge in [0.25, 0.3) is 0 Å². The predicted molar refractivity (Wildman–Crippen MR) is 86.8 cm³/mol. The Labute approximate surface area is 123 Å². The fourth-order valence-corrected chi connectivity index (χ4v) is 1.74. The largest absolute Gasteiger partial charge is 0.481 e. The summed E-state index contributed by atoms with van der Waals surface area (Å²) < 4.78 is 0. The van der Waals surface area contributed by atoms with Gasteiger partial charge in [0, 0.05) is 6.42 Å². The monoisotopic (exact) mass is 276 g/mol. The van der Waals surface area contributed by atoms with Crippen LogP contribution in [0.25, 0.3) is 0 Å². The SMILES string of the molecule is C=CC/C=C/C/C=C/C/C=C/CCCCCCC(=O)O. The first kappa shape index (κ1) is 18.4. The second-order valence-electron chi connectivity index (χ2n) is 4.76. The molecule has 0 radical (unpaired) electrons. The van der Waals surface area contributed by atoms with Crippen molar-refractivity contribution in [1.29, 1.82) is 0 Å². The maximum absolute atomic E-state index is 10.3. The zero-order chi connectivity index (χ0) is 14.9. The number of aliphatic carboxylic acids is 1. The number of allylic oxidation sites excluding steroid dienone is 7. The highest BCUT2D eigenvalue weighted by Crippen LogP contribution is 2.06. The molecule has 0 aliphatic carbocycles. The highest BCUT2D eigenvalue weighted by molar-refractivity contribution is 5.66. The maximum atomic E-state index is 10.3. The van der Waals surface area contributed by atoms with Crippen LogP contribution >= 0.6 is 0 Å². The van der Waals surface area contributed by atoms with Crippen LogP contribution in [0.15, 0.2) is 49.1 Å². The van der Waals surface area contributed by atoms with E-state index in [1.165, 1.54) is 0 Å². The van der Waals surface area contributed by atoms with E-state index in [0.717, 1.165) is 51.4 Å². The summed E-state index contributed by atoms with van der Waals surface area (Å²) in [5.74, 6) is -0.684. The summed E-state index contributed by atoms with van der Waals surface area (Å²) in [6.45, 7) is 3.66. The summed E-state index contributed by atoms with van der Waals surface area (Å²) in [7, 11) is 0. The van der Waals surface area contributed by atoms with Gasteiger partial charge in [-0.15, -0.1) is 6.58 Å². The van der Waals surface area contributed by atoms with Crippen LogP contribution in [0.5, 0.6) is 0 Å². The second kappa shape index (κ2) is 15.5. The number of unbranched alkanes of at least 4 members (excludes halogenated alkanes) is 4. The van der Waals surface area contributed by atoms with Crippen molar-refractivity contribution in [2.75, 3.05) is 0 Å². The minimum atomic E-state index is -0.684. The van der Waals surface area contributed by atoms with Gasteiger partial charge in [-0.25, -0.2) is 0 Å². The second-order valence-corrected chi connectivity index (χ2v) is 4.76. The summed E-state index contributed by atoms with van der Waals surface area (Å²) in [5, 5.41) is 8.49. The number of carboxylic acids is 1. The molecule has 0 unspecified atom stereocenters. The van der Waals surface area contributed by atoms with E-state index in [4.69, 9.17) is 5.11 Å². The number of rotatable bonds is 13. The molecule has 112 valence electrons. The van der Waals surface area contributed by atoms with Gasteiger partial charge in [-0.2, -0.15) is 0 Å². The molecule has 2 heteroatoms. The first-order chi connectivity index (χ1) is 9.77. The van der Waals surface area contributed by atoms with Crippen molar-refractivity contribution in [2.24, 2.45) is 0 Å². The summed E-state index contributed by atoms with van der Waals surface area (Å²) in [4.78, 5) is 10.3. The highest BCUT2D eigenvalue weighted by Gasteiger charge is 1.95. The molecule has 0 aromatic rings. The molecule has 0 atom stereocenters. The molecule has 0 aliphatic heterocycles. The molecule has 20 heavy (non-hydrogen) atoms. The van der Waals surface area contributed by atoms with Crippen LogP contribution in [0.1, 0.15) is 57.8 Å². The van der Waals surface area contributed by atoms with Crippen LogP contribution in [0.3, 0.4) is 0 Å². The molecule has 0 aliphatic rings. The lowest BCUT2D eigenvalue weighted by molar-refractivity contribution is -0.137. The van der Waals surface area contributed by atoms with Crippen LogP contribution in [0, 0.1) is 0 Å². The smallest absolute Gasteiger partial charge is 0.303 e. The van der Waals surface area contributed by atoms with E-state index in [1.54, 1.807) is 0 Å². The van der Waals surface area contributed by atoms with Gasteiger partial charge >= 0.3 is 5.97 Å². The molecule has 0 aromatic heterocycles. The standard InChI is InChI=1S/C18H28O2/c1-2-3-4-5-6-7-8-9-10-11-12-13-14-15-16-17-18(19)20/h2,4-5,7-8,10-11H,1,3,6,9,12-17H2,(H,19,20)/b5-4+,8-7+,11-10+. The maximum Gasteiger partial charge on any atom is 0.303 e. The molecule has 0 aromatic carbocycles. The van der Waals surface area contributed by atoms with E-state index in [1.807, 2.05) is 6.08 Å². The summed E-state index contributed by atoms with van der Waals surface area (Å²) in [5.41, 5.74) is 0.